The predicted molar refractivity (Wildman–Crippen MR) is 55.1 cm³/mol. The Balaban J connectivity index is 3.20. The maximum Gasteiger partial charge on any atom is 0.307 e. The first kappa shape index (κ1) is 13.1. The average molecular weight is 270 g/mol. The van der Waals surface area contributed by atoms with Crippen molar-refractivity contribution in [1.29, 1.82) is 0 Å². The van der Waals surface area contributed by atoms with Crippen LogP contribution in [0.5, 0.6) is 0 Å². The third-order valence-corrected chi connectivity index (χ3v) is 2.47. The number of alkyl halides is 3. The second kappa shape index (κ2) is 5.41. The third-order valence-electron chi connectivity index (χ3n) is 1.85. The van der Waals surface area contributed by atoms with Crippen LogP contribution in [-0.4, -0.2) is 16.1 Å². The summed E-state index contributed by atoms with van der Waals surface area (Å²) in [4.78, 5) is 13.9. The van der Waals surface area contributed by atoms with E-state index in [0.29, 0.717) is 0 Å². The zero-order valence-corrected chi connectivity index (χ0v) is 9.40. The zero-order valence-electron chi connectivity index (χ0n) is 7.88. The van der Waals surface area contributed by atoms with E-state index < -0.39 is 18.1 Å². The molecule has 0 amide bonds. The minimum Gasteiger partial charge on any atom is -0.481 e. The molecule has 0 atom stereocenters. The van der Waals surface area contributed by atoms with Crippen LogP contribution in [0.4, 0.5) is 8.78 Å². The molecule has 0 saturated carbocycles. The van der Waals surface area contributed by atoms with Gasteiger partial charge in [0.05, 0.1) is 6.42 Å². The number of aliphatic carboxylic acids is 1. The van der Waals surface area contributed by atoms with Crippen LogP contribution in [0.25, 0.3) is 0 Å². The Bertz CT molecular complexity index is 413. The number of carboxylic acid groups (broad SMARTS) is 1. The molecule has 88 valence electrons. The maximum absolute atomic E-state index is 12.5. The number of hydrogen-bond acceptors (Lipinski definition) is 2. The van der Waals surface area contributed by atoms with E-state index in [1.165, 1.54) is 6.07 Å². The highest BCUT2D eigenvalue weighted by Crippen LogP contribution is 2.27. The lowest BCUT2D eigenvalue weighted by molar-refractivity contribution is -0.136. The Labute approximate surface area is 100 Å². The zero-order chi connectivity index (χ0) is 12.3. The van der Waals surface area contributed by atoms with E-state index >= 15 is 0 Å². The van der Waals surface area contributed by atoms with Crippen molar-refractivity contribution in [3.8, 4) is 0 Å². The normalized spacial score (nSPS) is 10.8. The monoisotopic (exact) mass is 269 g/mol. The second-order valence-electron chi connectivity index (χ2n) is 2.99. The largest absolute Gasteiger partial charge is 0.481 e. The van der Waals surface area contributed by atoms with Crippen LogP contribution < -0.4 is 0 Å². The Morgan fingerprint density at radius 3 is 2.56 bits per heavy atom. The molecule has 3 nitrogen and oxygen atoms in total. The lowest BCUT2D eigenvalue weighted by Gasteiger charge is -2.09. The summed E-state index contributed by atoms with van der Waals surface area (Å²) in [6, 6.07) is 1.25. The van der Waals surface area contributed by atoms with Gasteiger partial charge in [-0.1, -0.05) is 11.6 Å². The minimum absolute atomic E-state index is 0.0947. The van der Waals surface area contributed by atoms with Crippen molar-refractivity contribution in [3.05, 3.63) is 28.0 Å². The first-order chi connectivity index (χ1) is 7.45. The Morgan fingerprint density at radius 1 is 1.50 bits per heavy atom. The molecule has 1 heterocycles. The van der Waals surface area contributed by atoms with Crippen molar-refractivity contribution in [2.24, 2.45) is 0 Å². The summed E-state index contributed by atoms with van der Waals surface area (Å²) < 4.78 is 25.0. The van der Waals surface area contributed by atoms with Crippen molar-refractivity contribution >= 4 is 29.2 Å². The van der Waals surface area contributed by atoms with Crippen molar-refractivity contribution in [3.63, 3.8) is 0 Å². The molecule has 0 saturated heterocycles. The van der Waals surface area contributed by atoms with Crippen LogP contribution in [0, 0.1) is 0 Å². The lowest BCUT2D eigenvalue weighted by Crippen LogP contribution is -2.05. The van der Waals surface area contributed by atoms with Gasteiger partial charge < -0.3 is 5.11 Å². The van der Waals surface area contributed by atoms with E-state index in [0.717, 1.165) is 0 Å². The predicted octanol–water partition coefficient (Wildman–Crippen LogP) is 3.04. The third kappa shape index (κ3) is 3.02. The van der Waals surface area contributed by atoms with Gasteiger partial charge in [-0.2, -0.15) is 0 Å². The Kier molecular flexibility index (Phi) is 4.44. The number of halogens is 4. The van der Waals surface area contributed by atoms with Gasteiger partial charge >= 0.3 is 5.97 Å². The molecule has 0 bridgehead atoms. The average Bonchev–Trinajstić information content (AvgIpc) is 2.19. The molecule has 0 aliphatic carbocycles. The molecule has 1 aromatic heterocycles. The lowest BCUT2D eigenvalue weighted by atomic mass is 10.1. The fourth-order valence-corrected chi connectivity index (χ4v) is 1.60. The molecule has 0 fully saturated rings. The summed E-state index contributed by atoms with van der Waals surface area (Å²) in [7, 11) is 0. The first-order valence-corrected chi connectivity index (χ1v) is 5.11. The van der Waals surface area contributed by atoms with E-state index in [-0.39, 0.29) is 28.6 Å². The summed E-state index contributed by atoms with van der Waals surface area (Å²) in [6.45, 7) is 0. The van der Waals surface area contributed by atoms with Gasteiger partial charge in [-0.05, 0) is 11.6 Å². The smallest absolute Gasteiger partial charge is 0.307 e. The summed E-state index contributed by atoms with van der Waals surface area (Å²) in [6.07, 6.45) is -3.16. The minimum atomic E-state index is -2.79. The molecule has 7 heteroatoms. The quantitative estimate of drug-likeness (QED) is 0.675. The molecule has 1 aromatic rings. The Morgan fingerprint density at radius 2 is 2.12 bits per heavy atom. The van der Waals surface area contributed by atoms with Crippen LogP contribution in [0.15, 0.2) is 6.07 Å². The van der Waals surface area contributed by atoms with Gasteiger partial charge in [0, 0.05) is 11.4 Å². The van der Waals surface area contributed by atoms with Gasteiger partial charge in [0.2, 0.25) is 0 Å². The molecule has 0 spiro atoms. The van der Waals surface area contributed by atoms with E-state index in [2.05, 4.69) is 4.98 Å². The molecular weight excluding hydrogens is 263 g/mol. The summed E-state index contributed by atoms with van der Waals surface area (Å²) in [5.74, 6) is -1.29. The standard InChI is InChI=1S/C9H7Cl2F2NO2/c10-3-5-1-4(2-6(15)16)8(11)14-7(5)9(12)13/h1,9H,2-3H2,(H,15,16). The van der Waals surface area contributed by atoms with Gasteiger partial charge in [0.25, 0.3) is 6.43 Å². The number of carboxylic acids is 1. The molecular formula is C9H7Cl2F2NO2. The SMILES string of the molecule is O=C(O)Cc1cc(CCl)c(C(F)F)nc1Cl. The second-order valence-corrected chi connectivity index (χ2v) is 3.61. The summed E-state index contributed by atoms with van der Waals surface area (Å²) in [5, 5.41) is 8.34. The van der Waals surface area contributed by atoms with E-state index in [1.54, 1.807) is 0 Å². The van der Waals surface area contributed by atoms with Crippen LogP contribution in [-0.2, 0) is 17.1 Å². The molecule has 0 unspecified atom stereocenters. The number of aromatic nitrogens is 1. The highest BCUT2D eigenvalue weighted by Gasteiger charge is 2.18. The van der Waals surface area contributed by atoms with Crippen molar-refractivity contribution < 1.29 is 18.7 Å². The molecule has 0 radical (unpaired) electrons. The molecule has 1 rings (SSSR count). The molecule has 1 N–H and O–H groups in total. The number of rotatable bonds is 4. The highest BCUT2D eigenvalue weighted by atomic mass is 35.5. The fraction of sp³-hybridized carbons (Fsp3) is 0.333. The van der Waals surface area contributed by atoms with Crippen LogP contribution in [0.2, 0.25) is 5.15 Å². The summed E-state index contributed by atoms with van der Waals surface area (Å²) in [5.41, 5.74) is -0.235. The van der Waals surface area contributed by atoms with Crippen LogP contribution in [0.1, 0.15) is 23.2 Å². The van der Waals surface area contributed by atoms with Gasteiger partial charge in [-0.25, -0.2) is 13.8 Å². The first-order valence-electron chi connectivity index (χ1n) is 4.19. The van der Waals surface area contributed by atoms with Gasteiger partial charge in [0.1, 0.15) is 10.8 Å². The van der Waals surface area contributed by atoms with Gasteiger partial charge in [-0.3, -0.25) is 4.79 Å². The topological polar surface area (TPSA) is 50.2 Å². The number of pyridine rings is 1. The number of nitrogens with zero attached hydrogens (tertiary/aromatic N) is 1. The highest BCUT2D eigenvalue weighted by molar-refractivity contribution is 6.30. The maximum atomic E-state index is 12.5. The number of hydrogen-bond donors (Lipinski definition) is 1. The van der Waals surface area contributed by atoms with Gasteiger partial charge in [0.15, 0.2) is 0 Å². The van der Waals surface area contributed by atoms with Crippen LogP contribution >= 0.6 is 23.2 Å². The summed E-state index contributed by atoms with van der Waals surface area (Å²) >= 11 is 11.1. The van der Waals surface area contributed by atoms with Crippen molar-refractivity contribution in [2.45, 2.75) is 18.7 Å². The van der Waals surface area contributed by atoms with E-state index in [9.17, 15) is 13.6 Å². The molecule has 0 aliphatic rings. The van der Waals surface area contributed by atoms with Crippen molar-refractivity contribution in [1.82, 2.24) is 4.98 Å². The number of carbonyl (C=O) groups is 1. The van der Waals surface area contributed by atoms with Gasteiger partial charge in [-0.15, -0.1) is 11.6 Å². The van der Waals surface area contributed by atoms with Crippen molar-refractivity contribution in [2.75, 3.05) is 0 Å². The van der Waals surface area contributed by atoms with E-state index in [1.807, 2.05) is 0 Å². The molecule has 16 heavy (non-hydrogen) atoms. The Hall–Kier alpha value is -0.940. The molecule has 0 aliphatic heterocycles. The van der Waals surface area contributed by atoms with Crippen LogP contribution in [0.3, 0.4) is 0 Å². The molecule has 0 aromatic carbocycles. The van der Waals surface area contributed by atoms with E-state index in [4.69, 9.17) is 28.3 Å². The fourth-order valence-electron chi connectivity index (χ4n) is 1.18.